The molecular formula is C13H16N4O3S. The minimum atomic E-state index is -0.927. The third-order valence-electron chi connectivity index (χ3n) is 2.99. The molecule has 21 heavy (non-hydrogen) atoms. The second-order valence-corrected chi connectivity index (χ2v) is 5.36. The van der Waals surface area contributed by atoms with E-state index in [9.17, 15) is 9.59 Å². The highest BCUT2D eigenvalue weighted by molar-refractivity contribution is 7.99. The third-order valence-corrected chi connectivity index (χ3v) is 3.95. The molecule has 0 saturated heterocycles. The summed E-state index contributed by atoms with van der Waals surface area (Å²) in [5, 5.41) is 9.29. The molecule has 0 radical (unpaired) electrons. The molecule has 1 N–H and O–H groups in total. The van der Waals surface area contributed by atoms with E-state index < -0.39 is 5.97 Å². The van der Waals surface area contributed by atoms with Crippen molar-refractivity contribution in [3.8, 4) is 0 Å². The highest BCUT2D eigenvalue weighted by atomic mass is 32.2. The second-order valence-electron chi connectivity index (χ2n) is 4.42. The lowest BCUT2D eigenvalue weighted by molar-refractivity contribution is -0.134. The molecule has 0 spiro atoms. The maximum atomic E-state index is 12.1. The number of carboxylic acids is 1. The molecule has 0 atom stereocenters. The topological polar surface area (TPSA) is 88.3 Å². The van der Waals surface area contributed by atoms with Crippen molar-refractivity contribution < 1.29 is 14.7 Å². The van der Waals surface area contributed by atoms with E-state index in [1.54, 1.807) is 34.8 Å². The van der Waals surface area contributed by atoms with Gasteiger partial charge in [-0.15, -0.1) is 0 Å². The van der Waals surface area contributed by atoms with E-state index in [0.29, 0.717) is 22.9 Å². The normalized spacial score (nSPS) is 10.8. The maximum absolute atomic E-state index is 12.1. The molecule has 0 fully saturated rings. The van der Waals surface area contributed by atoms with Crippen LogP contribution >= 0.6 is 11.8 Å². The van der Waals surface area contributed by atoms with Gasteiger partial charge in [-0.1, -0.05) is 11.8 Å². The van der Waals surface area contributed by atoms with Crippen LogP contribution in [0.3, 0.4) is 0 Å². The fourth-order valence-electron chi connectivity index (χ4n) is 1.75. The van der Waals surface area contributed by atoms with Crippen LogP contribution in [-0.4, -0.2) is 55.8 Å². The van der Waals surface area contributed by atoms with E-state index in [1.807, 2.05) is 6.92 Å². The third kappa shape index (κ3) is 3.52. The first-order valence-electron chi connectivity index (χ1n) is 6.42. The van der Waals surface area contributed by atoms with Crippen LogP contribution in [0.15, 0.2) is 23.5 Å². The lowest BCUT2D eigenvalue weighted by Crippen LogP contribution is -2.30. The van der Waals surface area contributed by atoms with Gasteiger partial charge in [0.25, 0.3) is 0 Å². The Morgan fingerprint density at radius 3 is 2.90 bits per heavy atom. The van der Waals surface area contributed by atoms with Crippen molar-refractivity contribution in [2.24, 2.45) is 0 Å². The molecule has 2 heterocycles. The zero-order valence-corrected chi connectivity index (χ0v) is 12.6. The molecule has 0 aromatic carbocycles. The molecule has 7 nitrogen and oxygen atoms in total. The number of fused-ring (bicyclic) bond motifs is 1. The van der Waals surface area contributed by atoms with Gasteiger partial charge in [0.1, 0.15) is 12.1 Å². The first kappa shape index (κ1) is 15.3. The molecule has 112 valence electrons. The van der Waals surface area contributed by atoms with Gasteiger partial charge in [-0.2, -0.15) is 0 Å². The predicted octanol–water partition coefficient (Wildman–Crippen LogP) is 1.09. The van der Waals surface area contributed by atoms with E-state index in [0.717, 1.165) is 11.8 Å². The predicted molar refractivity (Wildman–Crippen MR) is 79.2 cm³/mol. The summed E-state index contributed by atoms with van der Waals surface area (Å²) in [6, 6.07) is 3.54. The number of carbonyl (C=O) groups excluding carboxylic acids is 1. The van der Waals surface area contributed by atoms with E-state index in [2.05, 4.69) is 9.97 Å². The fourth-order valence-corrected chi connectivity index (χ4v) is 2.47. The summed E-state index contributed by atoms with van der Waals surface area (Å²) in [6.07, 6.45) is 1.63. The number of likely N-dealkylation sites (N-methyl/N-ethyl adjacent to an activating group) is 1. The molecule has 8 heteroatoms. The average Bonchev–Trinajstić information content (AvgIpc) is 2.82. The molecule has 2 rings (SSSR count). The van der Waals surface area contributed by atoms with Crippen molar-refractivity contribution in [2.75, 3.05) is 19.3 Å². The quantitative estimate of drug-likeness (QED) is 0.804. The molecule has 0 aliphatic heterocycles. The van der Waals surface area contributed by atoms with Crippen molar-refractivity contribution >= 4 is 34.8 Å². The molecule has 2 aromatic rings. The maximum Gasteiger partial charge on any atom is 0.313 e. The number of rotatable bonds is 6. The monoisotopic (exact) mass is 308 g/mol. The molecule has 0 aliphatic rings. The minimum Gasteiger partial charge on any atom is -0.481 e. The highest BCUT2D eigenvalue weighted by Gasteiger charge is 2.17. The Balaban J connectivity index is 2.35. The largest absolute Gasteiger partial charge is 0.481 e. The molecule has 2 aromatic heterocycles. The number of imidazole rings is 1. The van der Waals surface area contributed by atoms with Crippen LogP contribution in [0.1, 0.15) is 6.92 Å². The van der Waals surface area contributed by atoms with Crippen LogP contribution in [0.2, 0.25) is 0 Å². The number of carboxylic acid groups (broad SMARTS) is 1. The van der Waals surface area contributed by atoms with E-state index >= 15 is 0 Å². The van der Waals surface area contributed by atoms with E-state index in [4.69, 9.17) is 5.11 Å². The Morgan fingerprint density at radius 1 is 1.48 bits per heavy atom. The zero-order valence-electron chi connectivity index (χ0n) is 11.8. The summed E-state index contributed by atoms with van der Waals surface area (Å²) in [6.45, 7) is 2.60. The average molecular weight is 308 g/mol. The summed E-state index contributed by atoms with van der Waals surface area (Å²) in [5.41, 5.74) is 1.24. The number of aliphatic carboxylic acids is 1. The van der Waals surface area contributed by atoms with Crippen LogP contribution in [-0.2, 0) is 16.1 Å². The Kier molecular flexibility index (Phi) is 4.79. The van der Waals surface area contributed by atoms with Gasteiger partial charge in [-0.25, -0.2) is 9.97 Å². The number of aromatic nitrogens is 3. The Hall–Kier alpha value is -2.09. The number of hydrogen-bond donors (Lipinski definition) is 1. The summed E-state index contributed by atoms with van der Waals surface area (Å²) < 4.78 is 1.66. The number of pyridine rings is 1. The van der Waals surface area contributed by atoms with Crippen molar-refractivity contribution in [3.05, 3.63) is 18.3 Å². The number of thioether (sulfide) groups is 1. The Morgan fingerprint density at radius 2 is 2.24 bits per heavy atom. The van der Waals surface area contributed by atoms with Crippen LogP contribution in [0.25, 0.3) is 11.2 Å². The Bertz CT molecular complexity index is 670. The smallest absolute Gasteiger partial charge is 0.313 e. The summed E-state index contributed by atoms with van der Waals surface area (Å²) in [4.78, 5) is 33.0. The summed E-state index contributed by atoms with van der Waals surface area (Å²) >= 11 is 1.08. The number of carbonyl (C=O) groups is 2. The van der Waals surface area contributed by atoms with Crippen molar-refractivity contribution in [3.63, 3.8) is 0 Å². The highest BCUT2D eigenvalue weighted by Crippen LogP contribution is 2.22. The summed E-state index contributed by atoms with van der Waals surface area (Å²) in [5.74, 6) is -1.11. The molecule has 0 unspecified atom stereocenters. The molecule has 0 bridgehead atoms. The van der Waals surface area contributed by atoms with Crippen molar-refractivity contribution in [1.29, 1.82) is 0 Å². The number of nitrogens with zero attached hydrogens (tertiary/aromatic N) is 4. The Labute approximate surface area is 126 Å². The second kappa shape index (κ2) is 6.57. The van der Waals surface area contributed by atoms with Crippen LogP contribution < -0.4 is 0 Å². The van der Waals surface area contributed by atoms with Crippen LogP contribution in [0, 0.1) is 0 Å². The van der Waals surface area contributed by atoms with E-state index in [-0.39, 0.29) is 18.2 Å². The molecular weight excluding hydrogens is 292 g/mol. The number of hydrogen-bond acceptors (Lipinski definition) is 5. The van der Waals surface area contributed by atoms with Gasteiger partial charge in [0.2, 0.25) is 5.91 Å². The lowest BCUT2D eigenvalue weighted by Gasteiger charge is -2.15. The fraction of sp³-hybridized carbons (Fsp3) is 0.385. The minimum absolute atomic E-state index is 0.0698. The van der Waals surface area contributed by atoms with Crippen LogP contribution in [0.4, 0.5) is 0 Å². The molecule has 1 amide bonds. The van der Waals surface area contributed by atoms with Gasteiger partial charge in [-0.05, 0) is 19.1 Å². The SMILES string of the molecule is CCN(C)C(=O)Cn1c(SCC(=O)O)nc2cccnc21. The van der Waals surface area contributed by atoms with Gasteiger partial charge >= 0.3 is 5.97 Å². The number of amides is 1. The van der Waals surface area contributed by atoms with E-state index in [1.165, 1.54) is 0 Å². The van der Waals surface area contributed by atoms with Gasteiger partial charge in [0.15, 0.2) is 10.8 Å². The van der Waals surface area contributed by atoms with Crippen molar-refractivity contribution in [2.45, 2.75) is 18.6 Å². The summed E-state index contributed by atoms with van der Waals surface area (Å²) in [7, 11) is 1.72. The first-order chi connectivity index (χ1) is 10.0. The van der Waals surface area contributed by atoms with Gasteiger partial charge < -0.3 is 10.0 Å². The first-order valence-corrected chi connectivity index (χ1v) is 7.41. The van der Waals surface area contributed by atoms with Crippen LogP contribution in [0.5, 0.6) is 0 Å². The standard InChI is InChI=1S/C13H16N4O3S/c1-3-16(2)10(18)7-17-12-9(5-4-6-14-12)15-13(17)21-8-11(19)20/h4-6H,3,7-8H2,1-2H3,(H,19,20). The molecule has 0 aliphatic carbocycles. The van der Waals surface area contributed by atoms with Crippen molar-refractivity contribution in [1.82, 2.24) is 19.4 Å². The van der Waals surface area contributed by atoms with Gasteiger partial charge in [0.05, 0.1) is 5.75 Å². The lowest BCUT2D eigenvalue weighted by atomic mass is 10.4. The van der Waals surface area contributed by atoms with Gasteiger partial charge in [0, 0.05) is 19.8 Å². The van der Waals surface area contributed by atoms with Gasteiger partial charge in [-0.3, -0.25) is 14.2 Å². The molecule has 0 saturated carbocycles. The zero-order chi connectivity index (χ0) is 15.4.